The number of aromatic nitrogens is 6. The molecule has 5 aromatic rings. The van der Waals surface area contributed by atoms with Crippen molar-refractivity contribution in [2.45, 2.75) is 69.6 Å². The SMILES string of the molecule is Cc1nn2c(-c3ccnc4cc(C5C[C@@H]6C[C@H]5CN6)ccc34)cnc2cc1-c1cnn([C@H]2CC[C@H](O)CC2)c1. The van der Waals surface area contributed by atoms with Crippen molar-refractivity contribution < 1.29 is 5.11 Å². The van der Waals surface area contributed by atoms with E-state index in [4.69, 9.17) is 15.1 Å². The molecule has 2 N–H and O–H groups in total. The van der Waals surface area contributed by atoms with Crippen molar-refractivity contribution in [2.24, 2.45) is 5.92 Å². The molecule has 2 aliphatic carbocycles. The summed E-state index contributed by atoms with van der Waals surface area (Å²) in [5.41, 5.74) is 8.37. The fourth-order valence-corrected chi connectivity index (χ4v) is 7.34. The van der Waals surface area contributed by atoms with E-state index in [1.807, 2.05) is 30.0 Å². The maximum atomic E-state index is 9.86. The third-order valence-electron chi connectivity index (χ3n) is 9.46. The molecule has 198 valence electrons. The molecule has 0 spiro atoms. The van der Waals surface area contributed by atoms with Crippen LogP contribution in [0.15, 0.2) is 55.1 Å². The van der Waals surface area contributed by atoms with E-state index in [-0.39, 0.29) is 6.10 Å². The first-order chi connectivity index (χ1) is 19.1. The molecule has 4 aromatic heterocycles. The molecule has 3 aliphatic rings. The molecule has 8 rings (SSSR count). The third-order valence-corrected chi connectivity index (χ3v) is 9.46. The molecule has 3 fully saturated rings. The molecule has 1 aromatic carbocycles. The number of fused-ring (bicyclic) bond motifs is 4. The van der Waals surface area contributed by atoms with Crippen LogP contribution in [0.25, 0.3) is 38.9 Å². The van der Waals surface area contributed by atoms with Gasteiger partial charge in [-0.25, -0.2) is 9.50 Å². The van der Waals surface area contributed by atoms with Crippen molar-refractivity contribution in [3.05, 3.63) is 66.4 Å². The van der Waals surface area contributed by atoms with E-state index < -0.39 is 0 Å². The predicted octanol–water partition coefficient (Wildman–Crippen LogP) is 5.06. The Morgan fingerprint density at radius 1 is 0.974 bits per heavy atom. The average molecular weight is 520 g/mol. The van der Waals surface area contributed by atoms with Crippen LogP contribution < -0.4 is 5.32 Å². The second kappa shape index (κ2) is 8.96. The summed E-state index contributed by atoms with van der Waals surface area (Å²) >= 11 is 0. The standard InChI is InChI=1S/C31H33N7O/c1-18-27(21-15-35-37(17-21)23-3-5-24(39)6-4-23)13-31-34-16-30(38(31)36-18)26-8-9-32-29-11-19(2-7-25(26)29)28-12-22-10-20(28)14-33-22/h2,7-9,11,13,15-17,20,22-24,28,33,39H,3-6,10,12,14H2,1H3/t20-,22-,23-,24-,28?/m0/s1. The van der Waals surface area contributed by atoms with E-state index in [0.29, 0.717) is 18.0 Å². The normalized spacial score (nSPS) is 26.7. The van der Waals surface area contributed by atoms with Crippen molar-refractivity contribution in [3.8, 4) is 22.4 Å². The Balaban J connectivity index is 1.13. The Bertz CT molecular complexity index is 1700. The number of aliphatic hydroxyl groups excluding tert-OH is 1. The van der Waals surface area contributed by atoms with Crippen LogP contribution in [0.3, 0.4) is 0 Å². The first-order valence-corrected chi connectivity index (χ1v) is 14.3. The molecular weight excluding hydrogens is 486 g/mol. The molecule has 2 bridgehead atoms. The zero-order chi connectivity index (χ0) is 26.1. The maximum absolute atomic E-state index is 9.86. The summed E-state index contributed by atoms with van der Waals surface area (Å²) in [7, 11) is 0. The summed E-state index contributed by atoms with van der Waals surface area (Å²) in [6.45, 7) is 3.19. The molecule has 8 nitrogen and oxygen atoms in total. The Hall–Kier alpha value is -3.62. The van der Waals surface area contributed by atoms with Crippen LogP contribution in [0.5, 0.6) is 0 Å². The van der Waals surface area contributed by atoms with Crippen molar-refractivity contribution in [1.29, 1.82) is 0 Å². The van der Waals surface area contributed by atoms with Crippen molar-refractivity contribution in [2.75, 3.05) is 6.54 Å². The summed E-state index contributed by atoms with van der Waals surface area (Å²) in [4.78, 5) is 9.51. The van der Waals surface area contributed by atoms with Gasteiger partial charge in [0.2, 0.25) is 0 Å². The number of nitrogens with one attached hydrogen (secondary N) is 1. The number of nitrogens with zero attached hydrogens (tertiary/aromatic N) is 6. The first kappa shape index (κ1) is 23.3. The number of rotatable bonds is 4. The van der Waals surface area contributed by atoms with E-state index in [0.717, 1.165) is 82.8 Å². The molecular formula is C31H33N7O. The zero-order valence-electron chi connectivity index (χ0n) is 22.2. The van der Waals surface area contributed by atoms with Gasteiger partial charge in [0.1, 0.15) is 0 Å². The number of aryl methyl sites for hydroxylation is 1. The van der Waals surface area contributed by atoms with E-state index in [9.17, 15) is 5.11 Å². The fraction of sp³-hybridized carbons (Fsp3) is 0.419. The van der Waals surface area contributed by atoms with E-state index in [2.05, 4.69) is 51.6 Å². The van der Waals surface area contributed by atoms with Crippen molar-refractivity contribution >= 4 is 16.6 Å². The van der Waals surface area contributed by atoms with E-state index in [1.165, 1.54) is 18.4 Å². The summed E-state index contributed by atoms with van der Waals surface area (Å²) in [6.07, 6.45) is 13.8. The minimum absolute atomic E-state index is 0.167. The van der Waals surface area contributed by atoms with Crippen LogP contribution in [-0.2, 0) is 0 Å². The number of hydrogen-bond donors (Lipinski definition) is 2. The molecule has 1 unspecified atom stereocenters. The van der Waals surface area contributed by atoms with Crippen LogP contribution in [0.4, 0.5) is 0 Å². The van der Waals surface area contributed by atoms with Gasteiger partial charge in [0.05, 0.1) is 41.4 Å². The fourth-order valence-electron chi connectivity index (χ4n) is 7.34. The van der Waals surface area contributed by atoms with Crippen LogP contribution in [0.1, 0.15) is 61.7 Å². The molecule has 8 heteroatoms. The smallest absolute Gasteiger partial charge is 0.154 e. The Labute approximate surface area is 227 Å². The summed E-state index contributed by atoms with van der Waals surface area (Å²) in [6, 6.07) is 12.1. The minimum Gasteiger partial charge on any atom is -0.393 e. The van der Waals surface area contributed by atoms with Crippen molar-refractivity contribution in [1.82, 2.24) is 34.7 Å². The molecule has 39 heavy (non-hydrogen) atoms. The van der Waals surface area contributed by atoms with Gasteiger partial charge in [-0.1, -0.05) is 12.1 Å². The van der Waals surface area contributed by atoms with Gasteiger partial charge in [0.15, 0.2) is 5.65 Å². The number of aliphatic hydroxyl groups is 1. The molecule has 1 saturated heterocycles. The Morgan fingerprint density at radius 3 is 2.69 bits per heavy atom. The van der Waals surface area contributed by atoms with Crippen LogP contribution in [0.2, 0.25) is 0 Å². The highest BCUT2D eigenvalue weighted by Crippen LogP contribution is 2.44. The first-order valence-electron chi connectivity index (χ1n) is 14.3. The van der Waals surface area contributed by atoms with E-state index in [1.54, 1.807) is 0 Å². The largest absolute Gasteiger partial charge is 0.393 e. The molecule has 0 radical (unpaired) electrons. The second-order valence-electron chi connectivity index (χ2n) is 11.8. The average Bonchev–Trinajstić information content (AvgIpc) is 3.77. The lowest BCUT2D eigenvalue weighted by Gasteiger charge is -2.25. The molecule has 2 saturated carbocycles. The molecule has 5 heterocycles. The van der Waals surface area contributed by atoms with Crippen LogP contribution >= 0.6 is 0 Å². The van der Waals surface area contributed by atoms with Gasteiger partial charge >= 0.3 is 0 Å². The van der Waals surface area contributed by atoms with Crippen LogP contribution in [-0.4, -0.2) is 53.2 Å². The van der Waals surface area contributed by atoms with Crippen LogP contribution in [0, 0.1) is 12.8 Å². The predicted molar refractivity (Wildman–Crippen MR) is 150 cm³/mol. The number of pyridine rings is 1. The number of piperidine rings is 1. The van der Waals surface area contributed by atoms with Gasteiger partial charge in [-0.3, -0.25) is 9.67 Å². The number of benzene rings is 1. The number of imidazole rings is 1. The third kappa shape index (κ3) is 3.88. The molecule has 0 amide bonds. The monoisotopic (exact) mass is 519 g/mol. The zero-order valence-corrected chi connectivity index (χ0v) is 22.2. The topological polar surface area (TPSA) is 93.2 Å². The van der Waals surface area contributed by atoms with Gasteiger partial charge in [-0.15, -0.1) is 0 Å². The molecule has 3 atom stereocenters. The lowest BCUT2D eigenvalue weighted by atomic mass is 9.87. The quantitative estimate of drug-likeness (QED) is 0.345. The Morgan fingerprint density at radius 2 is 1.87 bits per heavy atom. The second-order valence-corrected chi connectivity index (χ2v) is 11.8. The summed E-state index contributed by atoms with van der Waals surface area (Å²) in [5, 5.41) is 24.3. The van der Waals surface area contributed by atoms with Gasteiger partial charge < -0.3 is 10.4 Å². The highest BCUT2D eigenvalue weighted by molar-refractivity contribution is 5.94. The van der Waals surface area contributed by atoms with E-state index >= 15 is 0 Å². The highest BCUT2D eigenvalue weighted by Gasteiger charge is 2.40. The highest BCUT2D eigenvalue weighted by atomic mass is 16.3. The van der Waals surface area contributed by atoms with Gasteiger partial charge in [-0.05, 0) is 87.6 Å². The number of hydrogen-bond acceptors (Lipinski definition) is 6. The van der Waals surface area contributed by atoms with Gasteiger partial charge in [0.25, 0.3) is 0 Å². The molecule has 1 aliphatic heterocycles. The van der Waals surface area contributed by atoms with Gasteiger partial charge in [0, 0.05) is 40.5 Å². The minimum atomic E-state index is -0.167. The maximum Gasteiger partial charge on any atom is 0.154 e. The lowest BCUT2D eigenvalue weighted by Crippen LogP contribution is -2.28. The van der Waals surface area contributed by atoms with Crippen molar-refractivity contribution in [3.63, 3.8) is 0 Å². The summed E-state index contributed by atoms with van der Waals surface area (Å²) in [5.74, 6) is 1.39. The Kier molecular flexibility index (Phi) is 5.35. The van der Waals surface area contributed by atoms with Gasteiger partial charge in [-0.2, -0.15) is 10.2 Å². The summed E-state index contributed by atoms with van der Waals surface area (Å²) < 4.78 is 4.02. The lowest BCUT2D eigenvalue weighted by molar-refractivity contribution is 0.108.